The van der Waals surface area contributed by atoms with Crippen LogP contribution in [0.15, 0.2) is 58.7 Å². The highest BCUT2D eigenvalue weighted by Crippen LogP contribution is 2.40. The first-order chi connectivity index (χ1) is 13.3. The first kappa shape index (κ1) is 25.4. The molecular weight excluding hydrogens is 376 g/mol. The molecule has 0 bridgehead atoms. The van der Waals surface area contributed by atoms with Gasteiger partial charge in [0.1, 0.15) is 0 Å². The fourth-order valence-electron chi connectivity index (χ4n) is 3.27. The number of carbonyl (C=O) groups is 1. The lowest BCUT2D eigenvalue weighted by atomic mass is 9.71. The normalized spacial score (nSPS) is 21.3. The molecule has 0 aromatic rings. The Hall–Kier alpha value is -1.65. The second-order valence-corrected chi connectivity index (χ2v) is 15.6. The third-order valence-electron chi connectivity index (χ3n) is 5.37. The number of carbonyl (C=O) groups excluding carboxylic acids is 1. The van der Waals surface area contributed by atoms with Crippen LogP contribution in [0.2, 0.25) is 25.7 Å². The molecule has 1 atom stereocenters. The minimum Gasteiger partial charge on any atom is -0.463 e. The van der Waals surface area contributed by atoms with Crippen LogP contribution in [0.4, 0.5) is 0 Å². The van der Waals surface area contributed by atoms with E-state index in [0.717, 1.165) is 35.6 Å². The Bertz CT molecular complexity index is 728. The average molecular weight is 417 g/mol. The molecule has 0 aromatic heterocycles. The lowest BCUT2D eigenvalue weighted by Crippen LogP contribution is -2.27. The molecule has 0 aromatic carbocycles. The molecule has 162 valence electrons. The molecule has 0 aliphatic heterocycles. The Morgan fingerprint density at radius 2 is 1.86 bits per heavy atom. The van der Waals surface area contributed by atoms with Gasteiger partial charge in [-0.1, -0.05) is 69.4 Å². The van der Waals surface area contributed by atoms with Gasteiger partial charge in [-0.15, -0.1) is 0 Å². The Balaban J connectivity index is 2.67. The molecule has 0 saturated carbocycles. The summed E-state index contributed by atoms with van der Waals surface area (Å²) >= 11 is 0. The van der Waals surface area contributed by atoms with Crippen LogP contribution in [0.3, 0.4) is 0 Å². The molecule has 1 rings (SSSR count). The van der Waals surface area contributed by atoms with Crippen molar-refractivity contribution in [2.75, 3.05) is 6.61 Å². The second-order valence-electron chi connectivity index (χ2n) is 10.0. The van der Waals surface area contributed by atoms with Crippen molar-refractivity contribution in [3.05, 3.63) is 58.7 Å². The van der Waals surface area contributed by atoms with Crippen LogP contribution in [0.5, 0.6) is 0 Å². The van der Waals surface area contributed by atoms with Crippen molar-refractivity contribution in [2.45, 2.75) is 79.2 Å². The quantitative estimate of drug-likeness (QED) is 0.216. The van der Waals surface area contributed by atoms with Gasteiger partial charge in [-0.3, -0.25) is 0 Å². The smallest absolute Gasteiger partial charge is 0.330 e. The number of hydrogen-bond acceptors (Lipinski definition) is 3. The zero-order chi connectivity index (χ0) is 22.2. The molecular formula is C25H40O3Si. The van der Waals surface area contributed by atoms with Gasteiger partial charge in [0.2, 0.25) is 0 Å². The summed E-state index contributed by atoms with van der Waals surface area (Å²) in [5.74, 6) is -0.272. The molecule has 0 radical (unpaired) electrons. The summed E-state index contributed by atoms with van der Waals surface area (Å²) in [6.07, 6.45) is 13.1. The molecule has 0 saturated heterocycles. The predicted octanol–water partition coefficient (Wildman–Crippen LogP) is 6.37. The topological polar surface area (TPSA) is 46.5 Å². The first-order valence-electron chi connectivity index (χ1n) is 10.6. The molecule has 0 amide bonds. The summed E-state index contributed by atoms with van der Waals surface area (Å²) in [5, 5.41) is 10.2. The molecule has 1 aliphatic rings. The van der Waals surface area contributed by atoms with Crippen molar-refractivity contribution in [1.29, 1.82) is 0 Å². The van der Waals surface area contributed by atoms with E-state index in [4.69, 9.17) is 4.74 Å². The largest absolute Gasteiger partial charge is 0.463 e. The number of esters is 1. The maximum absolute atomic E-state index is 11.9. The highest BCUT2D eigenvalue weighted by molar-refractivity contribution is 6.76. The van der Waals surface area contributed by atoms with Crippen LogP contribution in [-0.4, -0.2) is 31.9 Å². The predicted molar refractivity (Wildman–Crippen MR) is 127 cm³/mol. The van der Waals surface area contributed by atoms with E-state index in [1.165, 1.54) is 5.57 Å². The molecule has 0 fully saturated rings. The van der Waals surface area contributed by atoms with Gasteiger partial charge in [0.05, 0.1) is 12.7 Å². The molecule has 1 unspecified atom stereocenters. The summed E-state index contributed by atoms with van der Waals surface area (Å²) < 4.78 is 5.29. The number of aliphatic hydroxyl groups excluding tert-OH is 1. The monoisotopic (exact) mass is 416 g/mol. The highest BCUT2D eigenvalue weighted by atomic mass is 28.3. The lowest BCUT2D eigenvalue weighted by Gasteiger charge is -2.35. The van der Waals surface area contributed by atoms with Crippen LogP contribution >= 0.6 is 0 Å². The SMILES string of the molecule is CC(C=CC1=C(C)C(O)CCC1(C)C)=CC=CC(C)=CC(=O)OCC[Si](C)(C)C. The number of hydrogen-bond donors (Lipinski definition) is 1. The van der Waals surface area contributed by atoms with E-state index in [1.54, 1.807) is 6.08 Å². The summed E-state index contributed by atoms with van der Waals surface area (Å²) in [6.45, 7) is 17.8. The molecule has 0 heterocycles. The maximum Gasteiger partial charge on any atom is 0.330 e. The van der Waals surface area contributed by atoms with Crippen LogP contribution in [0.1, 0.15) is 47.5 Å². The number of aliphatic hydroxyl groups is 1. The molecule has 3 nitrogen and oxygen atoms in total. The lowest BCUT2D eigenvalue weighted by molar-refractivity contribution is -0.137. The Kier molecular flexibility index (Phi) is 9.57. The average Bonchev–Trinajstić information content (AvgIpc) is 2.57. The Morgan fingerprint density at radius 3 is 2.48 bits per heavy atom. The number of allylic oxidation sites excluding steroid dienone is 8. The minimum atomic E-state index is -1.18. The van der Waals surface area contributed by atoms with Crippen LogP contribution in [0.25, 0.3) is 0 Å². The first-order valence-corrected chi connectivity index (χ1v) is 14.3. The fourth-order valence-corrected chi connectivity index (χ4v) is 3.99. The van der Waals surface area contributed by atoms with Crippen LogP contribution in [0, 0.1) is 5.41 Å². The van der Waals surface area contributed by atoms with Gasteiger partial charge in [0, 0.05) is 14.1 Å². The van der Waals surface area contributed by atoms with E-state index in [9.17, 15) is 9.90 Å². The van der Waals surface area contributed by atoms with Gasteiger partial charge < -0.3 is 9.84 Å². The summed E-state index contributed by atoms with van der Waals surface area (Å²) in [6, 6.07) is 0.986. The number of ether oxygens (including phenoxy) is 1. The van der Waals surface area contributed by atoms with Gasteiger partial charge in [-0.05, 0) is 61.8 Å². The molecule has 0 spiro atoms. The van der Waals surface area contributed by atoms with E-state index in [1.807, 2.05) is 39.0 Å². The maximum atomic E-state index is 11.9. The second kappa shape index (κ2) is 10.9. The fraction of sp³-hybridized carbons (Fsp3) is 0.560. The summed E-state index contributed by atoms with van der Waals surface area (Å²) in [7, 11) is -1.18. The van der Waals surface area contributed by atoms with Crippen molar-refractivity contribution in [2.24, 2.45) is 5.41 Å². The number of rotatable bonds is 8. The van der Waals surface area contributed by atoms with Crippen molar-refractivity contribution in [3.63, 3.8) is 0 Å². The third kappa shape index (κ3) is 9.59. The van der Waals surface area contributed by atoms with Gasteiger partial charge in [0.15, 0.2) is 0 Å². The highest BCUT2D eigenvalue weighted by Gasteiger charge is 2.30. The van der Waals surface area contributed by atoms with Gasteiger partial charge in [0.25, 0.3) is 0 Å². The van der Waals surface area contributed by atoms with E-state index >= 15 is 0 Å². The van der Waals surface area contributed by atoms with E-state index in [2.05, 4.69) is 45.6 Å². The van der Waals surface area contributed by atoms with Crippen LogP contribution < -0.4 is 0 Å². The molecule has 4 heteroatoms. The van der Waals surface area contributed by atoms with Crippen molar-refractivity contribution >= 4 is 14.0 Å². The Morgan fingerprint density at radius 1 is 1.21 bits per heavy atom. The molecule has 29 heavy (non-hydrogen) atoms. The zero-order valence-corrected chi connectivity index (χ0v) is 20.6. The van der Waals surface area contributed by atoms with Crippen LogP contribution in [-0.2, 0) is 9.53 Å². The van der Waals surface area contributed by atoms with Gasteiger partial charge >= 0.3 is 5.97 Å². The summed E-state index contributed by atoms with van der Waals surface area (Å²) in [4.78, 5) is 11.9. The Labute approximate surface area is 178 Å². The van der Waals surface area contributed by atoms with E-state index in [0.29, 0.717) is 6.61 Å². The van der Waals surface area contributed by atoms with E-state index in [-0.39, 0.29) is 17.5 Å². The van der Waals surface area contributed by atoms with E-state index < -0.39 is 8.07 Å². The van der Waals surface area contributed by atoms with Gasteiger partial charge in [-0.25, -0.2) is 4.79 Å². The zero-order valence-electron chi connectivity index (χ0n) is 19.6. The summed E-state index contributed by atoms with van der Waals surface area (Å²) in [5.41, 5.74) is 4.37. The minimum absolute atomic E-state index is 0.0884. The van der Waals surface area contributed by atoms with Crippen molar-refractivity contribution in [1.82, 2.24) is 0 Å². The molecule has 1 N–H and O–H groups in total. The third-order valence-corrected chi connectivity index (χ3v) is 7.07. The van der Waals surface area contributed by atoms with Gasteiger partial charge in [-0.2, -0.15) is 0 Å². The van der Waals surface area contributed by atoms with Crippen molar-refractivity contribution in [3.8, 4) is 0 Å². The molecule has 1 aliphatic carbocycles. The van der Waals surface area contributed by atoms with Crippen molar-refractivity contribution < 1.29 is 14.6 Å². The standard InChI is InChI=1S/C25H40O3Si/c1-19(12-13-22-21(3)23(26)14-15-25(22,4)5)10-9-11-20(2)18-24(27)28-16-17-29(6,7)8/h9-13,18,23,26H,14-17H2,1-8H3.